The van der Waals surface area contributed by atoms with E-state index in [-0.39, 0.29) is 11.8 Å². The molecule has 0 fully saturated rings. The molecule has 6 aromatic carbocycles. The van der Waals surface area contributed by atoms with Gasteiger partial charge in [0.25, 0.3) is 0 Å². The first-order chi connectivity index (χ1) is 18.8. The fraction of sp³-hybridized carbons (Fsp3) is 0.0526. The normalized spacial score (nSPS) is 16.4. The van der Waals surface area contributed by atoms with E-state index in [1.165, 1.54) is 66.8 Å². The molecule has 0 nitrogen and oxygen atoms in total. The van der Waals surface area contributed by atoms with Crippen LogP contribution in [0.5, 0.6) is 0 Å². The van der Waals surface area contributed by atoms with Gasteiger partial charge in [0.15, 0.2) is 0 Å². The lowest BCUT2D eigenvalue weighted by atomic mass is 9.60. The lowest BCUT2D eigenvalue weighted by Gasteiger charge is -2.43. The number of hydrogen-bond acceptors (Lipinski definition) is 0. The second kappa shape index (κ2) is 8.43. The Morgan fingerprint density at radius 2 is 0.526 bits per heavy atom. The maximum Gasteiger partial charge on any atom is 0.0349 e. The molecule has 0 unspecified atom stereocenters. The molecular weight excluding hydrogens is 456 g/mol. The van der Waals surface area contributed by atoms with Crippen molar-refractivity contribution in [2.45, 2.75) is 11.8 Å². The van der Waals surface area contributed by atoms with Gasteiger partial charge in [0.05, 0.1) is 0 Å². The third kappa shape index (κ3) is 3.24. The minimum atomic E-state index is 0.233. The minimum Gasteiger partial charge on any atom is -0.0622 e. The molecule has 9 rings (SSSR count). The van der Waals surface area contributed by atoms with Crippen molar-refractivity contribution in [3.05, 3.63) is 179 Å². The summed E-state index contributed by atoms with van der Waals surface area (Å²) in [7, 11) is 0. The molecule has 6 aromatic rings. The predicted octanol–water partition coefficient (Wildman–Crippen LogP) is 9.67. The van der Waals surface area contributed by atoms with Crippen molar-refractivity contribution in [2.75, 3.05) is 0 Å². The molecule has 0 saturated carbocycles. The van der Waals surface area contributed by atoms with Crippen LogP contribution in [0.1, 0.15) is 45.2 Å². The summed E-state index contributed by atoms with van der Waals surface area (Å²) in [4.78, 5) is 0. The van der Waals surface area contributed by atoms with E-state index in [0.717, 1.165) is 0 Å². The molecule has 0 amide bonds. The molecule has 0 saturated heterocycles. The van der Waals surface area contributed by atoms with Gasteiger partial charge in [0.1, 0.15) is 0 Å². The Labute approximate surface area is 223 Å². The van der Waals surface area contributed by atoms with Crippen LogP contribution in [0.2, 0.25) is 0 Å². The van der Waals surface area contributed by atoms with Crippen LogP contribution >= 0.6 is 0 Å². The maximum absolute atomic E-state index is 2.45. The molecule has 0 heteroatoms. The van der Waals surface area contributed by atoms with Crippen LogP contribution < -0.4 is 0 Å². The average molecular weight is 483 g/mol. The predicted molar refractivity (Wildman–Crippen MR) is 158 cm³/mol. The van der Waals surface area contributed by atoms with E-state index < -0.39 is 0 Å². The molecule has 38 heavy (non-hydrogen) atoms. The van der Waals surface area contributed by atoms with Gasteiger partial charge >= 0.3 is 0 Å². The van der Waals surface area contributed by atoms with E-state index in [0.29, 0.717) is 0 Å². The summed E-state index contributed by atoms with van der Waals surface area (Å²) in [6, 6.07) is 53.8. The van der Waals surface area contributed by atoms with Gasteiger partial charge in [0.2, 0.25) is 0 Å². The molecule has 0 radical (unpaired) electrons. The molecule has 178 valence electrons. The Hall–Kier alpha value is -4.68. The van der Waals surface area contributed by atoms with Gasteiger partial charge in [0, 0.05) is 11.8 Å². The van der Waals surface area contributed by atoms with Gasteiger partial charge in [-0.15, -0.1) is 0 Å². The number of rotatable bonds is 3. The molecule has 0 heterocycles. The van der Waals surface area contributed by atoms with Crippen molar-refractivity contribution in [2.24, 2.45) is 0 Å². The van der Waals surface area contributed by atoms with Crippen LogP contribution in [0.3, 0.4) is 0 Å². The van der Waals surface area contributed by atoms with Crippen molar-refractivity contribution in [1.29, 1.82) is 0 Å². The molecule has 3 aliphatic rings. The fourth-order valence-electron chi connectivity index (χ4n) is 6.70. The summed E-state index contributed by atoms with van der Waals surface area (Å²) in [5, 5.41) is 0. The van der Waals surface area contributed by atoms with Crippen LogP contribution in [0.15, 0.2) is 146 Å². The summed E-state index contributed by atoms with van der Waals surface area (Å²) in [5.74, 6) is 0.482. The highest BCUT2D eigenvalue weighted by atomic mass is 14.4. The van der Waals surface area contributed by atoms with E-state index in [4.69, 9.17) is 0 Å². The molecule has 0 N–H and O–H groups in total. The highest BCUT2D eigenvalue weighted by molar-refractivity contribution is 5.77. The first-order valence-corrected chi connectivity index (χ1v) is 13.4. The van der Waals surface area contributed by atoms with Crippen molar-refractivity contribution in [3.8, 4) is 33.4 Å². The summed E-state index contributed by atoms with van der Waals surface area (Å²) < 4.78 is 0. The van der Waals surface area contributed by atoms with Gasteiger partial charge in [-0.05, 0) is 85.0 Å². The van der Waals surface area contributed by atoms with Crippen molar-refractivity contribution < 1.29 is 0 Å². The van der Waals surface area contributed by atoms with Crippen molar-refractivity contribution >= 4 is 0 Å². The van der Waals surface area contributed by atoms with E-state index in [1.807, 2.05) is 0 Å². The van der Waals surface area contributed by atoms with Gasteiger partial charge in [-0.2, -0.15) is 0 Å². The van der Waals surface area contributed by atoms with Crippen LogP contribution in [0.4, 0.5) is 0 Å². The summed E-state index contributed by atoms with van der Waals surface area (Å²) >= 11 is 0. The van der Waals surface area contributed by atoms with Gasteiger partial charge in [-0.3, -0.25) is 0 Å². The Morgan fingerprint density at radius 3 is 0.842 bits per heavy atom. The van der Waals surface area contributed by atoms with Gasteiger partial charge in [-0.25, -0.2) is 0 Å². The topological polar surface area (TPSA) is 0 Å². The molecule has 0 aliphatic heterocycles. The fourth-order valence-corrected chi connectivity index (χ4v) is 6.70. The van der Waals surface area contributed by atoms with E-state index in [1.54, 1.807) is 0 Å². The second-order valence-corrected chi connectivity index (χ2v) is 10.5. The zero-order valence-corrected chi connectivity index (χ0v) is 21.0. The molecule has 3 aliphatic carbocycles. The van der Waals surface area contributed by atoms with Crippen LogP contribution in [0, 0.1) is 0 Å². The van der Waals surface area contributed by atoms with Crippen LogP contribution in [-0.4, -0.2) is 0 Å². The van der Waals surface area contributed by atoms with Crippen LogP contribution in [-0.2, 0) is 0 Å². The Bertz CT molecular complexity index is 1710. The van der Waals surface area contributed by atoms with E-state index >= 15 is 0 Å². The summed E-state index contributed by atoms with van der Waals surface area (Å²) in [6.07, 6.45) is 0. The molecule has 0 spiro atoms. The lowest BCUT2D eigenvalue weighted by Crippen LogP contribution is -2.27. The Balaban J connectivity index is 1.35. The molecular formula is C38H26. The Kier molecular flexibility index (Phi) is 4.75. The number of benzene rings is 6. The third-order valence-corrected chi connectivity index (χ3v) is 8.45. The average Bonchev–Trinajstić information content (AvgIpc) is 3.01. The minimum absolute atomic E-state index is 0.233. The second-order valence-electron chi connectivity index (χ2n) is 10.5. The lowest BCUT2D eigenvalue weighted by molar-refractivity contribution is 0.755. The van der Waals surface area contributed by atoms with Gasteiger partial charge < -0.3 is 0 Å². The zero-order chi connectivity index (χ0) is 25.1. The molecule has 0 aromatic heterocycles. The highest BCUT2D eigenvalue weighted by Gasteiger charge is 2.41. The molecule has 2 bridgehead atoms. The smallest absolute Gasteiger partial charge is 0.0349 e. The monoisotopic (exact) mass is 482 g/mol. The zero-order valence-electron chi connectivity index (χ0n) is 21.0. The van der Waals surface area contributed by atoms with E-state index in [9.17, 15) is 0 Å². The van der Waals surface area contributed by atoms with Crippen molar-refractivity contribution in [3.63, 3.8) is 0 Å². The Morgan fingerprint density at radius 1 is 0.237 bits per heavy atom. The van der Waals surface area contributed by atoms with Crippen LogP contribution in [0.25, 0.3) is 33.4 Å². The maximum atomic E-state index is 2.45. The molecule has 0 atom stereocenters. The standard InChI is InChI=1S/C38H26/c1-4-10-25(11-5-1)28-18-21-33-34(22-28)37-31-19-16-29(26-12-6-2-7-13-26)23-35(31)38(33)36-24-30(17-20-32(36)37)27-14-8-3-9-15-27/h1-24,37-38H. The largest absolute Gasteiger partial charge is 0.0622 e. The van der Waals surface area contributed by atoms with E-state index in [2.05, 4.69) is 146 Å². The third-order valence-electron chi connectivity index (χ3n) is 8.45. The summed E-state index contributed by atoms with van der Waals surface area (Å²) in [5.41, 5.74) is 16.4. The highest BCUT2D eigenvalue weighted by Crippen LogP contribution is 2.57. The number of hydrogen-bond donors (Lipinski definition) is 0. The van der Waals surface area contributed by atoms with Gasteiger partial charge in [-0.1, -0.05) is 127 Å². The SMILES string of the molecule is c1ccc(-c2ccc3c(c2)C2c4ccc(-c5ccccc5)cc4C3c3cc(-c4ccccc4)ccc32)cc1. The van der Waals surface area contributed by atoms with Crippen molar-refractivity contribution in [1.82, 2.24) is 0 Å². The summed E-state index contributed by atoms with van der Waals surface area (Å²) in [6.45, 7) is 0. The first kappa shape index (κ1) is 21.4. The first-order valence-electron chi connectivity index (χ1n) is 13.4. The quantitative estimate of drug-likeness (QED) is 0.235.